The summed E-state index contributed by atoms with van der Waals surface area (Å²) in [5, 5.41) is 5.15. The van der Waals surface area contributed by atoms with E-state index in [1.807, 2.05) is 37.4 Å². The zero-order chi connectivity index (χ0) is 45.7. The van der Waals surface area contributed by atoms with Gasteiger partial charge in [0.15, 0.2) is 0 Å². The highest BCUT2D eigenvalue weighted by molar-refractivity contribution is 5.87. The molecule has 0 aliphatic carbocycles. The Labute approximate surface area is 391 Å². The summed E-state index contributed by atoms with van der Waals surface area (Å²) < 4.78 is 14.8. The third kappa shape index (κ3) is 15.8. The lowest BCUT2D eigenvalue weighted by Gasteiger charge is -2.37. The summed E-state index contributed by atoms with van der Waals surface area (Å²) in [6.07, 6.45) is 31.7. The quantitative estimate of drug-likeness (QED) is 0.0280. The predicted molar refractivity (Wildman–Crippen MR) is 266 cm³/mol. The highest BCUT2D eigenvalue weighted by Crippen LogP contribution is 2.34. The molecule has 0 radical (unpaired) electrons. The second-order valence-corrected chi connectivity index (χ2v) is 19.6. The van der Waals surface area contributed by atoms with Crippen LogP contribution in [0.15, 0.2) is 67.0 Å². The highest BCUT2D eigenvalue weighted by atomic mass is 16.6. The summed E-state index contributed by atoms with van der Waals surface area (Å²) in [7, 11) is 2.15. The van der Waals surface area contributed by atoms with Gasteiger partial charge < -0.3 is 24.3 Å². The number of hydrogen-bond acceptors (Lipinski definition) is 5. The van der Waals surface area contributed by atoms with E-state index >= 15 is 0 Å². The number of para-hydroxylation sites is 1. The van der Waals surface area contributed by atoms with Crippen molar-refractivity contribution in [2.45, 2.75) is 188 Å². The maximum Gasteiger partial charge on any atom is 0.412 e. The Kier molecular flexibility index (Phi) is 20.3. The third-order valence-electron chi connectivity index (χ3n) is 13.8. The van der Waals surface area contributed by atoms with Gasteiger partial charge in [0.1, 0.15) is 12.6 Å². The molecule has 2 aromatic carbocycles. The molecule has 3 aromatic heterocycles. The van der Waals surface area contributed by atoms with Crippen molar-refractivity contribution in [3.05, 3.63) is 101 Å². The molecule has 0 spiro atoms. The van der Waals surface area contributed by atoms with Crippen LogP contribution in [0.4, 0.5) is 4.79 Å². The van der Waals surface area contributed by atoms with E-state index < -0.39 is 18.1 Å². The summed E-state index contributed by atoms with van der Waals surface area (Å²) in [6.45, 7) is 9.45. The fraction of sp³-hybridized carbons (Fsp3) is 0.589. The van der Waals surface area contributed by atoms with E-state index in [-0.39, 0.29) is 13.2 Å². The van der Waals surface area contributed by atoms with Gasteiger partial charge in [0.2, 0.25) is 6.73 Å². The molecule has 9 heteroatoms. The Morgan fingerprint density at radius 2 is 1.43 bits per heavy atom. The number of aromatic nitrogens is 3. The summed E-state index contributed by atoms with van der Waals surface area (Å²) in [5.41, 5.74) is 9.19. The number of carbonyl (C=O) groups is 2. The number of fused-ring (bicyclic) bond motifs is 4. The largest absolute Gasteiger partial charge is 0.663 e. The molecule has 2 unspecified atom stereocenters. The Hall–Kier alpha value is -4.63. The van der Waals surface area contributed by atoms with Crippen molar-refractivity contribution in [3.63, 3.8) is 0 Å². The number of esters is 1. The van der Waals surface area contributed by atoms with Gasteiger partial charge in [-0.05, 0) is 55.8 Å². The number of hydrogen-bond donors (Lipinski definition) is 1. The van der Waals surface area contributed by atoms with Gasteiger partial charge in [-0.15, -0.1) is 5.52 Å². The monoisotopic (exact) mass is 888 g/mol. The van der Waals surface area contributed by atoms with Crippen molar-refractivity contribution in [1.82, 2.24) is 19.9 Å². The first kappa shape index (κ1) is 49.8. The van der Waals surface area contributed by atoms with Crippen LogP contribution in [-0.2, 0) is 46.6 Å². The molecule has 65 heavy (non-hydrogen) atoms. The van der Waals surface area contributed by atoms with Crippen LogP contribution in [0.3, 0.4) is 0 Å². The van der Waals surface area contributed by atoms with Crippen molar-refractivity contribution in [2.75, 3.05) is 26.9 Å². The zero-order valence-electron chi connectivity index (χ0n) is 40.6. The molecule has 1 N–H and O–H groups in total. The van der Waals surface area contributed by atoms with Crippen molar-refractivity contribution < 1.29 is 23.5 Å². The van der Waals surface area contributed by atoms with Crippen LogP contribution in [0.2, 0.25) is 0 Å². The average molecular weight is 888 g/mol. The Morgan fingerprint density at radius 1 is 0.785 bits per heavy atom. The SMILES string of the molecule is CCCCCCCCCCCCCCCCCCCCCCOC(=O)C(Cc1c[n-]c2ccccc12)NC(=O)OC[N+]1(C)CCc2c(c3cc(C)ccc3n2CCc2ccc(C)nc2)C1. The van der Waals surface area contributed by atoms with Gasteiger partial charge in [0, 0.05) is 53.4 Å². The molecule has 2 atom stereocenters. The van der Waals surface area contributed by atoms with Gasteiger partial charge in [-0.1, -0.05) is 176 Å². The molecule has 5 aromatic rings. The van der Waals surface area contributed by atoms with E-state index in [0.717, 1.165) is 73.9 Å². The molecule has 1 amide bonds. The number of alkyl carbamates (subject to hydrolysis) is 1. The summed E-state index contributed by atoms with van der Waals surface area (Å²) >= 11 is 0. The maximum atomic E-state index is 13.6. The number of carbonyl (C=O) groups excluding carboxylic acids is 2. The van der Waals surface area contributed by atoms with Gasteiger partial charge in [0.25, 0.3) is 0 Å². The smallest absolute Gasteiger partial charge is 0.412 e. The molecule has 0 bridgehead atoms. The van der Waals surface area contributed by atoms with Crippen molar-refractivity contribution in [3.8, 4) is 0 Å². The van der Waals surface area contributed by atoms with Gasteiger partial charge in [0.05, 0.1) is 20.2 Å². The fourth-order valence-electron chi connectivity index (χ4n) is 9.82. The second-order valence-electron chi connectivity index (χ2n) is 19.6. The topological polar surface area (TPSA) is 96.5 Å². The number of nitrogens with one attached hydrogen (secondary N) is 1. The van der Waals surface area contributed by atoms with Crippen molar-refractivity contribution >= 4 is 33.9 Å². The normalized spacial score (nSPS) is 15.3. The third-order valence-corrected chi connectivity index (χ3v) is 13.8. The number of rotatable bonds is 30. The molecular weight excluding hydrogens is 807 g/mol. The van der Waals surface area contributed by atoms with Crippen LogP contribution in [0.1, 0.15) is 169 Å². The first-order chi connectivity index (χ1) is 31.7. The van der Waals surface area contributed by atoms with E-state index in [1.54, 1.807) is 6.20 Å². The molecule has 9 nitrogen and oxygen atoms in total. The van der Waals surface area contributed by atoms with Gasteiger partial charge >= 0.3 is 12.1 Å². The van der Waals surface area contributed by atoms with E-state index in [4.69, 9.17) is 9.47 Å². The Morgan fingerprint density at radius 3 is 2.08 bits per heavy atom. The molecule has 6 rings (SSSR count). The number of unbranched alkanes of at least 4 members (excludes halogenated alkanes) is 19. The summed E-state index contributed by atoms with van der Waals surface area (Å²) in [6, 6.07) is 18.0. The van der Waals surface area contributed by atoms with Crippen LogP contribution in [-0.4, -0.2) is 59.1 Å². The van der Waals surface area contributed by atoms with Crippen LogP contribution in [0, 0.1) is 13.8 Å². The lowest BCUT2D eigenvalue weighted by atomic mass is 10.0. The molecule has 0 fully saturated rings. The number of amides is 1. The number of pyridine rings is 1. The standard InChI is InChI=1S/C56H81N5O4/c1-5-6-7-8-9-10-11-12-13-14-15-16-17-18-19-20-21-22-23-26-37-64-55(62)52(39-47-41-58-51-28-25-24-27-48(47)51)59-56(63)65-43-61(4)36-34-54-50(42-61)49-38-44(2)29-32-53(49)60(54)35-33-46-31-30-45(3)57-40-46/h24-25,27-32,38,40-41,52H,5-23,26,33-37,39,42-43H2,1-4H3,(H,59,63). The highest BCUT2D eigenvalue weighted by Gasteiger charge is 2.35. The average Bonchev–Trinajstić information content (AvgIpc) is 3.85. The van der Waals surface area contributed by atoms with Crippen LogP contribution in [0.5, 0.6) is 0 Å². The number of nitrogens with zero attached hydrogens (tertiary/aromatic N) is 4. The first-order valence-electron chi connectivity index (χ1n) is 25.7. The first-order valence-corrected chi connectivity index (χ1v) is 25.7. The number of benzene rings is 2. The minimum absolute atomic E-state index is 0.195. The van der Waals surface area contributed by atoms with E-state index in [9.17, 15) is 9.59 Å². The number of likely N-dealkylation sites (N-methyl/N-ethyl adjacent to an activating group) is 1. The van der Waals surface area contributed by atoms with Crippen LogP contribution < -0.4 is 10.3 Å². The number of ether oxygens (including phenoxy) is 2. The Bertz CT molecular complexity index is 2190. The Balaban J connectivity index is 0.914. The van der Waals surface area contributed by atoms with Crippen LogP contribution >= 0.6 is 0 Å². The van der Waals surface area contributed by atoms with Crippen molar-refractivity contribution in [2.24, 2.45) is 0 Å². The molecule has 0 saturated heterocycles. The summed E-state index contributed by atoms with van der Waals surface area (Å²) in [4.78, 5) is 36.3. The summed E-state index contributed by atoms with van der Waals surface area (Å²) in [5.74, 6) is -0.433. The van der Waals surface area contributed by atoms with E-state index in [1.165, 1.54) is 142 Å². The second kappa shape index (κ2) is 26.5. The molecule has 0 saturated carbocycles. The van der Waals surface area contributed by atoms with Gasteiger partial charge in [-0.2, -0.15) is 6.20 Å². The predicted octanol–water partition coefficient (Wildman–Crippen LogP) is 13.2. The fourth-order valence-corrected chi connectivity index (χ4v) is 9.82. The van der Waals surface area contributed by atoms with Gasteiger partial charge in [-0.3, -0.25) is 9.47 Å². The molecular formula is C56H81N5O4. The van der Waals surface area contributed by atoms with Crippen LogP contribution in [0.25, 0.3) is 21.8 Å². The van der Waals surface area contributed by atoms with E-state index in [0.29, 0.717) is 11.1 Å². The lowest BCUT2D eigenvalue weighted by molar-refractivity contribution is -0.940. The molecule has 1 aliphatic rings. The molecule has 1 aliphatic heterocycles. The molecule has 4 heterocycles. The molecule has 354 valence electrons. The zero-order valence-corrected chi connectivity index (χ0v) is 40.6. The lowest BCUT2D eigenvalue weighted by Crippen LogP contribution is -2.51. The maximum absolute atomic E-state index is 13.6. The van der Waals surface area contributed by atoms with Crippen molar-refractivity contribution in [1.29, 1.82) is 0 Å². The van der Waals surface area contributed by atoms with E-state index in [2.05, 4.69) is 71.1 Å². The minimum Gasteiger partial charge on any atom is -0.663 e. The number of aryl methyl sites for hydroxylation is 4. The minimum atomic E-state index is -0.886. The number of quaternary nitrogens is 1. The van der Waals surface area contributed by atoms with Gasteiger partial charge in [-0.25, -0.2) is 9.59 Å².